The van der Waals surface area contributed by atoms with E-state index in [-0.39, 0.29) is 38.6 Å². The highest BCUT2D eigenvalue weighted by Crippen LogP contribution is 2.14. The Kier molecular flexibility index (Phi) is 58.6. The number of nitrogens with zero attached hydrogens (tertiary/aromatic N) is 1. The number of aliphatic carboxylic acids is 1. The molecule has 83 heavy (non-hydrogen) atoms. The van der Waals surface area contributed by atoms with Crippen molar-refractivity contribution in [1.29, 1.82) is 0 Å². The normalized spacial score (nSPS) is 13.9. The molecule has 0 fully saturated rings. The Morgan fingerprint density at radius 3 is 1.05 bits per heavy atom. The number of hydrogen-bond acceptors (Lipinski definition) is 7. The Balaban J connectivity index is 4.31. The fourth-order valence-electron chi connectivity index (χ4n) is 8.02. The number of hydrogen-bond donors (Lipinski definition) is 1. The molecule has 0 heterocycles. The molecule has 1 N–H and O–H groups in total. The van der Waals surface area contributed by atoms with Crippen LogP contribution in [0.3, 0.4) is 0 Å². The molecule has 2 atom stereocenters. The number of carboxylic acids is 1. The van der Waals surface area contributed by atoms with Gasteiger partial charge in [0.25, 0.3) is 6.29 Å². The summed E-state index contributed by atoms with van der Waals surface area (Å²) in [5.41, 5.74) is 0. The molecule has 0 aliphatic rings. The van der Waals surface area contributed by atoms with Crippen LogP contribution in [0.15, 0.2) is 170 Å². The van der Waals surface area contributed by atoms with Crippen LogP contribution in [0.1, 0.15) is 219 Å². The molecule has 0 aromatic carbocycles. The number of ether oxygens (including phenoxy) is 4. The summed E-state index contributed by atoms with van der Waals surface area (Å²) in [5, 5.41) is 9.72. The van der Waals surface area contributed by atoms with Gasteiger partial charge in [-0.15, -0.1) is 0 Å². The standard InChI is InChI=1S/C74H117NO8/c1-6-8-10-12-14-16-18-20-22-24-26-27-28-29-30-31-32-33-34-35-36-37-38-39-40-41-42-43-44-45-47-49-51-53-55-57-59-61-63-65-72(77)83-70(69-82-74(73(78)79)80-67-66-75(3,4)5)68-81-71(76)64-62-60-58-56-54-52-50-48-46-25-23-21-19-17-15-13-11-9-7-2/h8,10,14-17,20-23,26-27,29-30,32-33,35-36,38-39,41-42,44-45,49,51,55,57,70,74H,6-7,9,11-13,18-19,24-25,28,31,34,37,40,43,46-48,50,52-54,56,58-69H2,1-5H3/p+1/b10-8-,16-14-,17-15-,22-20-,23-21-,27-26-,30-29-,33-32-,36-35-,39-38-,42-41-,45-44-,51-49-,57-55-. The smallest absolute Gasteiger partial charge is 0.361 e. The molecule has 2 unspecified atom stereocenters. The molecule has 9 heteroatoms. The second kappa shape index (κ2) is 62.7. The number of esters is 2. The molecule has 0 rings (SSSR count). The minimum absolute atomic E-state index is 0.169. The van der Waals surface area contributed by atoms with E-state index in [4.69, 9.17) is 18.9 Å². The third-order valence-electron chi connectivity index (χ3n) is 13.0. The monoisotopic (exact) mass is 1150 g/mol. The van der Waals surface area contributed by atoms with Crippen LogP contribution in [-0.4, -0.2) is 87.4 Å². The van der Waals surface area contributed by atoms with Crippen molar-refractivity contribution in [3.05, 3.63) is 170 Å². The Labute approximate surface area is 507 Å². The maximum Gasteiger partial charge on any atom is 0.361 e. The van der Waals surface area contributed by atoms with Gasteiger partial charge in [-0.1, -0.05) is 242 Å². The van der Waals surface area contributed by atoms with Gasteiger partial charge in [0, 0.05) is 12.8 Å². The molecular formula is C74H118NO8+. The first-order valence-electron chi connectivity index (χ1n) is 32.3. The highest BCUT2D eigenvalue weighted by atomic mass is 16.7. The molecule has 466 valence electrons. The number of likely N-dealkylation sites (N-methyl/N-ethyl adjacent to an activating group) is 1. The van der Waals surface area contributed by atoms with E-state index in [0.29, 0.717) is 17.4 Å². The summed E-state index contributed by atoms with van der Waals surface area (Å²) < 4.78 is 22.8. The van der Waals surface area contributed by atoms with Crippen LogP contribution >= 0.6 is 0 Å². The molecule has 0 saturated heterocycles. The molecule has 0 radical (unpaired) electrons. The van der Waals surface area contributed by atoms with Crippen LogP contribution in [0.25, 0.3) is 0 Å². The maximum absolute atomic E-state index is 12.9. The number of carbonyl (C=O) groups excluding carboxylic acids is 2. The number of allylic oxidation sites excluding steroid dienone is 28. The van der Waals surface area contributed by atoms with Crippen molar-refractivity contribution in [2.45, 2.75) is 232 Å². The van der Waals surface area contributed by atoms with Gasteiger partial charge in [0.05, 0.1) is 34.4 Å². The molecule has 0 aromatic heterocycles. The minimum Gasteiger partial charge on any atom is -0.477 e. The molecule has 0 spiro atoms. The predicted octanol–water partition coefficient (Wildman–Crippen LogP) is 19.9. The molecular weight excluding hydrogens is 1030 g/mol. The first-order valence-corrected chi connectivity index (χ1v) is 32.3. The zero-order valence-electron chi connectivity index (χ0n) is 53.0. The van der Waals surface area contributed by atoms with E-state index in [1.165, 1.54) is 57.8 Å². The van der Waals surface area contributed by atoms with Crippen molar-refractivity contribution in [3.8, 4) is 0 Å². The average molecular weight is 1150 g/mol. The SMILES string of the molecule is CC/C=C\C/C=C\C/C=C\C/C=C\C/C=C\C/C=C\C/C=C\C/C=C\C/C=C\C/C=C\C/C=C\C/C=C\CCCCC(=O)OC(COC(=O)CCCCCCCCCCC/C=C\C/C=C\CCCCC)COC(OCC[N+](C)(C)C)C(=O)O. The molecule has 0 aliphatic carbocycles. The lowest BCUT2D eigenvalue weighted by Crippen LogP contribution is -2.40. The predicted molar refractivity (Wildman–Crippen MR) is 354 cm³/mol. The highest BCUT2D eigenvalue weighted by molar-refractivity contribution is 5.71. The largest absolute Gasteiger partial charge is 0.477 e. The lowest BCUT2D eigenvalue weighted by Gasteiger charge is -2.25. The van der Waals surface area contributed by atoms with Crippen LogP contribution in [0.5, 0.6) is 0 Å². The second-order valence-corrected chi connectivity index (χ2v) is 22.0. The second-order valence-electron chi connectivity index (χ2n) is 22.0. The number of carbonyl (C=O) groups is 3. The summed E-state index contributed by atoms with van der Waals surface area (Å²) in [7, 11) is 5.94. The quantitative estimate of drug-likeness (QED) is 0.0211. The van der Waals surface area contributed by atoms with Crippen molar-refractivity contribution >= 4 is 17.9 Å². The summed E-state index contributed by atoms with van der Waals surface area (Å²) in [5.74, 6) is -2.09. The number of carboxylic acid groups (broad SMARTS) is 1. The zero-order chi connectivity index (χ0) is 60.5. The molecule has 0 amide bonds. The molecule has 0 aliphatic heterocycles. The van der Waals surface area contributed by atoms with Gasteiger partial charge < -0.3 is 28.5 Å². The van der Waals surface area contributed by atoms with E-state index in [1.807, 2.05) is 21.1 Å². The van der Waals surface area contributed by atoms with E-state index in [2.05, 4.69) is 184 Å². The van der Waals surface area contributed by atoms with Gasteiger partial charge in [0.1, 0.15) is 13.2 Å². The Hall–Kier alpha value is -5.35. The van der Waals surface area contributed by atoms with Gasteiger partial charge in [-0.2, -0.15) is 0 Å². The molecule has 0 bridgehead atoms. The number of rotatable bonds is 57. The Bertz CT molecular complexity index is 1960. The van der Waals surface area contributed by atoms with Gasteiger partial charge in [0.2, 0.25) is 0 Å². The van der Waals surface area contributed by atoms with Crippen LogP contribution < -0.4 is 0 Å². The Morgan fingerprint density at radius 1 is 0.373 bits per heavy atom. The Morgan fingerprint density at radius 2 is 0.687 bits per heavy atom. The fraction of sp³-hybridized carbons (Fsp3) is 0.581. The first kappa shape index (κ1) is 77.7. The lowest BCUT2D eigenvalue weighted by molar-refractivity contribution is -0.870. The average Bonchev–Trinajstić information content (AvgIpc) is 3.46. The van der Waals surface area contributed by atoms with Crippen LogP contribution in [-0.2, 0) is 33.3 Å². The maximum atomic E-state index is 12.9. The lowest BCUT2D eigenvalue weighted by atomic mass is 10.1. The molecule has 0 saturated carbocycles. The third kappa shape index (κ3) is 64.1. The van der Waals surface area contributed by atoms with Crippen LogP contribution in [0.4, 0.5) is 0 Å². The van der Waals surface area contributed by atoms with Crippen LogP contribution in [0.2, 0.25) is 0 Å². The summed E-state index contributed by atoms with van der Waals surface area (Å²) in [4.78, 5) is 37.5. The van der Waals surface area contributed by atoms with Crippen molar-refractivity contribution in [1.82, 2.24) is 0 Å². The minimum atomic E-state index is -1.53. The molecule has 0 aromatic rings. The summed E-state index contributed by atoms with van der Waals surface area (Å²) in [6.07, 6.45) is 91.6. The summed E-state index contributed by atoms with van der Waals surface area (Å²) in [6, 6.07) is 0. The van der Waals surface area contributed by atoms with E-state index in [0.717, 1.165) is 128 Å². The summed E-state index contributed by atoms with van der Waals surface area (Å²) in [6.45, 7) is 4.66. The van der Waals surface area contributed by atoms with E-state index >= 15 is 0 Å². The zero-order valence-corrected chi connectivity index (χ0v) is 53.0. The number of unbranched alkanes of at least 4 members (excludes halogenated alkanes) is 14. The van der Waals surface area contributed by atoms with Crippen LogP contribution in [0, 0.1) is 0 Å². The van der Waals surface area contributed by atoms with E-state index < -0.39 is 24.3 Å². The molecule has 9 nitrogen and oxygen atoms in total. The highest BCUT2D eigenvalue weighted by Gasteiger charge is 2.25. The topological polar surface area (TPSA) is 108 Å². The van der Waals surface area contributed by atoms with Gasteiger partial charge >= 0.3 is 17.9 Å². The summed E-state index contributed by atoms with van der Waals surface area (Å²) >= 11 is 0. The first-order chi connectivity index (χ1) is 40.6. The van der Waals surface area contributed by atoms with Gasteiger partial charge in [0.15, 0.2) is 6.10 Å². The van der Waals surface area contributed by atoms with Gasteiger partial charge in [-0.05, 0) is 135 Å². The van der Waals surface area contributed by atoms with Crippen molar-refractivity contribution < 1.29 is 42.9 Å². The van der Waals surface area contributed by atoms with Crippen molar-refractivity contribution in [3.63, 3.8) is 0 Å². The van der Waals surface area contributed by atoms with Gasteiger partial charge in [-0.25, -0.2) is 4.79 Å². The third-order valence-corrected chi connectivity index (χ3v) is 13.0. The fourth-order valence-corrected chi connectivity index (χ4v) is 8.02. The van der Waals surface area contributed by atoms with E-state index in [1.54, 1.807) is 0 Å². The van der Waals surface area contributed by atoms with Crippen molar-refractivity contribution in [2.24, 2.45) is 0 Å². The van der Waals surface area contributed by atoms with E-state index in [9.17, 15) is 19.5 Å². The van der Waals surface area contributed by atoms with Gasteiger partial charge in [-0.3, -0.25) is 9.59 Å². The van der Waals surface area contributed by atoms with Crippen molar-refractivity contribution in [2.75, 3.05) is 47.5 Å². The number of quaternary nitrogens is 1.